The molecule has 26 heavy (non-hydrogen) atoms. The first kappa shape index (κ1) is 16.3. The lowest BCUT2D eigenvalue weighted by Gasteiger charge is -2.15. The van der Waals surface area contributed by atoms with Gasteiger partial charge in [-0.25, -0.2) is 4.98 Å². The number of aromatic nitrogens is 1. The minimum atomic E-state index is -0.945. The minimum Gasteiger partial charge on any atom is -0.481 e. The molecular formula is C20H18N2O4. The Morgan fingerprint density at radius 1 is 1.27 bits per heavy atom. The van der Waals surface area contributed by atoms with E-state index in [1.165, 1.54) is 10.5 Å². The summed E-state index contributed by atoms with van der Waals surface area (Å²) < 4.78 is 5.87. The molecule has 6 nitrogen and oxygen atoms in total. The molecule has 0 saturated carbocycles. The van der Waals surface area contributed by atoms with Crippen LogP contribution in [0.1, 0.15) is 18.9 Å². The molecule has 0 spiro atoms. The van der Waals surface area contributed by atoms with E-state index in [1.54, 1.807) is 18.2 Å². The zero-order chi connectivity index (χ0) is 18.3. The third-order valence-electron chi connectivity index (χ3n) is 4.77. The summed E-state index contributed by atoms with van der Waals surface area (Å²) >= 11 is 0. The Morgan fingerprint density at radius 3 is 2.69 bits per heavy atom. The predicted octanol–water partition coefficient (Wildman–Crippen LogP) is 3.49. The van der Waals surface area contributed by atoms with Gasteiger partial charge in [-0.05, 0) is 36.2 Å². The van der Waals surface area contributed by atoms with Gasteiger partial charge in [0, 0.05) is 30.3 Å². The Morgan fingerprint density at radius 2 is 2.04 bits per heavy atom. The highest BCUT2D eigenvalue weighted by molar-refractivity contribution is 6.00. The van der Waals surface area contributed by atoms with Crippen LogP contribution in [0.25, 0.3) is 22.6 Å². The molecule has 0 radical (unpaired) electrons. The molecule has 1 aromatic heterocycles. The molecule has 0 bridgehead atoms. The number of hydrogen-bond donors (Lipinski definition) is 1. The van der Waals surface area contributed by atoms with Crippen LogP contribution in [0.2, 0.25) is 0 Å². The Kier molecular flexibility index (Phi) is 3.95. The maximum Gasteiger partial charge on any atom is 0.308 e. The summed E-state index contributed by atoms with van der Waals surface area (Å²) in [7, 11) is 0. The lowest BCUT2D eigenvalue weighted by Crippen LogP contribution is -2.25. The van der Waals surface area contributed by atoms with E-state index >= 15 is 0 Å². The molecule has 1 aliphatic rings. The van der Waals surface area contributed by atoms with Crippen molar-refractivity contribution < 1.29 is 19.1 Å². The average Bonchev–Trinajstić information content (AvgIpc) is 3.24. The molecule has 1 atom stereocenters. The number of hydrogen-bond acceptors (Lipinski definition) is 4. The van der Waals surface area contributed by atoms with Crippen LogP contribution in [-0.2, 0) is 16.0 Å². The number of oxazole rings is 1. The second kappa shape index (κ2) is 6.29. The van der Waals surface area contributed by atoms with E-state index in [1.807, 2.05) is 24.3 Å². The van der Waals surface area contributed by atoms with Crippen LogP contribution < -0.4 is 4.90 Å². The fourth-order valence-corrected chi connectivity index (χ4v) is 3.21. The standard InChI is InChI=1S/C20H18N2O4/c1-2-12-3-5-13(6-4-12)19-21-16-8-7-15(10-17(16)26-19)22-11-14(20(24)25)9-18(22)23/h3-8,10,14H,2,9,11H2,1H3,(H,24,25)/t14-/m1/s1. The van der Waals surface area contributed by atoms with Crippen LogP contribution in [0.4, 0.5) is 5.69 Å². The van der Waals surface area contributed by atoms with Crippen molar-refractivity contribution in [2.45, 2.75) is 19.8 Å². The van der Waals surface area contributed by atoms with Crippen molar-refractivity contribution in [1.82, 2.24) is 4.98 Å². The Hall–Kier alpha value is -3.15. The minimum absolute atomic E-state index is 0.0266. The second-order valence-corrected chi connectivity index (χ2v) is 6.47. The van der Waals surface area contributed by atoms with Gasteiger partial charge in [0.2, 0.25) is 11.8 Å². The number of carboxylic acids is 1. The van der Waals surface area contributed by atoms with Crippen LogP contribution >= 0.6 is 0 Å². The van der Waals surface area contributed by atoms with Gasteiger partial charge in [-0.2, -0.15) is 0 Å². The maximum atomic E-state index is 12.1. The van der Waals surface area contributed by atoms with Crippen LogP contribution in [0.15, 0.2) is 46.9 Å². The quantitative estimate of drug-likeness (QED) is 0.779. The molecule has 2 heterocycles. The maximum absolute atomic E-state index is 12.1. The van der Waals surface area contributed by atoms with Crippen LogP contribution in [0, 0.1) is 5.92 Å². The number of carbonyl (C=O) groups is 2. The molecule has 6 heteroatoms. The number of carboxylic acid groups (broad SMARTS) is 1. The van der Waals surface area contributed by atoms with Gasteiger partial charge in [-0.1, -0.05) is 19.1 Å². The number of fused-ring (bicyclic) bond motifs is 1. The van der Waals surface area contributed by atoms with Crippen LogP contribution in [0.3, 0.4) is 0 Å². The number of aliphatic carboxylic acids is 1. The number of anilines is 1. The molecule has 0 unspecified atom stereocenters. The van der Waals surface area contributed by atoms with Gasteiger partial charge >= 0.3 is 5.97 Å². The first-order chi connectivity index (χ1) is 12.5. The second-order valence-electron chi connectivity index (χ2n) is 6.47. The topological polar surface area (TPSA) is 83.6 Å². The van der Waals surface area contributed by atoms with Gasteiger partial charge in [-0.15, -0.1) is 0 Å². The molecule has 2 aromatic carbocycles. The Labute approximate surface area is 150 Å². The van der Waals surface area contributed by atoms with Gasteiger partial charge in [0.15, 0.2) is 5.58 Å². The van der Waals surface area contributed by atoms with E-state index < -0.39 is 11.9 Å². The zero-order valence-electron chi connectivity index (χ0n) is 14.3. The molecule has 1 aliphatic heterocycles. The van der Waals surface area contributed by atoms with E-state index in [-0.39, 0.29) is 18.9 Å². The first-order valence-electron chi connectivity index (χ1n) is 8.58. The summed E-state index contributed by atoms with van der Waals surface area (Å²) in [6.07, 6.45) is 0.997. The van der Waals surface area contributed by atoms with Crippen LogP contribution in [-0.4, -0.2) is 28.5 Å². The number of carbonyl (C=O) groups excluding carboxylic acids is 1. The fourth-order valence-electron chi connectivity index (χ4n) is 3.21. The van der Waals surface area contributed by atoms with E-state index in [9.17, 15) is 9.59 Å². The molecular weight excluding hydrogens is 332 g/mol. The molecule has 1 fully saturated rings. The molecule has 0 aliphatic carbocycles. The normalized spacial score (nSPS) is 17.2. The van der Waals surface area contributed by atoms with Crippen molar-refractivity contribution in [2.24, 2.45) is 5.92 Å². The average molecular weight is 350 g/mol. The highest BCUT2D eigenvalue weighted by Crippen LogP contribution is 2.30. The zero-order valence-corrected chi connectivity index (χ0v) is 14.3. The van der Waals surface area contributed by atoms with Gasteiger partial charge in [-0.3, -0.25) is 9.59 Å². The predicted molar refractivity (Wildman–Crippen MR) is 96.9 cm³/mol. The van der Waals surface area contributed by atoms with Gasteiger partial charge in [0.05, 0.1) is 5.92 Å². The summed E-state index contributed by atoms with van der Waals surface area (Å²) in [5.74, 6) is -1.28. The summed E-state index contributed by atoms with van der Waals surface area (Å²) in [4.78, 5) is 29.3. The number of rotatable bonds is 4. The molecule has 1 amide bonds. The van der Waals surface area contributed by atoms with Gasteiger partial charge < -0.3 is 14.4 Å². The Bertz CT molecular complexity index is 991. The smallest absolute Gasteiger partial charge is 0.308 e. The number of benzene rings is 2. The molecule has 3 aromatic rings. The van der Waals surface area contributed by atoms with E-state index in [2.05, 4.69) is 11.9 Å². The van der Waals surface area contributed by atoms with Crippen molar-refractivity contribution in [1.29, 1.82) is 0 Å². The van der Waals surface area contributed by atoms with E-state index in [0.29, 0.717) is 22.7 Å². The third-order valence-corrected chi connectivity index (χ3v) is 4.77. The largest absolute Gasteiger partial charge is 0.481 e. The summed E-state index contributed by atoms with van der Waals surface area (Å²) in [6.45, 7) is 2.28. The van der Waals surface area contributed by atoms with E-state index in [0.717, 1.165) is 12.0 Å². The summed E-state index contributed by atoms with van der Waals surface area (Å²) in [6, 6.07) is 13.4. The van der Waals surface area contributed by atoms with Crippen molar-refractivity contribution in [3.05, 3.63) is 48.0 Å². The first-order valence-corrected chi connectivity index (χ1v) is 8.58. The van der Waals surface area contributed by atoms with Crippen molar-refractivity contribution in [3.8, 4) is 11.5 Å². The van der Waals surface area contributed by atoms with Crippen molar-refractivity contribution >= 4 is 28.7 Å². The monoisotopic (exact) mass is 350 g/mol. The van der Waals surface area contributed by atoms with E-state index in [4.69, 9.17) is 9.52 Å². The molecule has 4 rings (SSSR count). The van der Waals surface area contributed by atoms with Gasteiger partial charge in [0.1, 0.15) is 5.52 Å². The number of aryl methyl sites for hydroxylation is 1. The highest BCUT2D eigenvalue weighted by atomic mass is 16.4. The third kappa shape index (κ3) is 2.83. The lowest BCUT2D eigenvalue weighted by atomic mass is 10.1. The van der Waals surface area contributed by atoms with Crippen LogP contribution in [0.5, 0.6) is 0 Å². The molecule has 1 N–H and O–H groups in total. The number of nitrogens with zero attached hydrogens (tertiary/aromatic N) is 2. The van der Waals surface area contributed by atoms with Crippen molar-refractivity contribution in [3.63, 3.8) is 0 Å². The fraction of sp³-hybridized carbons (Fsp3) is 0.250. The van der Waals surface area contributed by atoms with Crippen molar-refractivity contribution in [2.75, 3.05) is 11.4 Å². The molecule has 132 valence electrons. The lowest BCUT2D eigenvalue weighted by molar-refractivity contribution is -0.141. The highest BCUT2D eigenvalue weighted by Gasteiger charge is 2.35. The summed E-state index contributed by atoms with van der Waals surface area (Å²) in [5, 5.41) is 9.13. The SMILES string of the molecule is CCc1ccc(-c2nc3ccc(N4C[C@H](C(=O)O)CC4=O)cc3o2)cc1. The molecule has 1 saturated heterocycles. The summed E-state index contributed by atoms with van der Waals surface area (Å²) in [5.41, 5.74) is 4.04. The number of amides is 1. The van der Waals surface area contributed by atoms with Gasteiger partial charge in [0.25, 0.3) is 0 Å². The Balaban J connectivity index is 1.65.